The Morgan fingerprint density at radius 1 is 1.17 bits per heavy atom. The number of rotatable bonds is 9. The Kier molecular flexibility index (Phi) is 7.48. The lowest BCUT2D eigenvalue weighted by molar-refractivity contribution is -0.139. The smallest absolute Gasteiger partial charge is 0.341 e. The van der Waals surface area contributed by atoms with Crippen molar-refractivity contribution in [1.29, 1.82) is 0 Å². The first-order chi connectivity index (χ1) is 14.5. The van der Waals surface area contributed by atoms with Crippen LogP contribution < -0.4 is 9.47 Å². The summed E-state index contributed by atoms with van der Waals surface area (Å²) in [5.41, 5.74) is 1.89. The second-order valence-corrected chi connectivity index (χ2v) is 8.07. The first-order valence-corrected chi connectivity index (χ1v) is 10.6. The molecule has 1 aliphatic heterocycles. The number of hydrogen-bond acceptors (Lipinski definition) is 6. The number of carboxylic acids is 1. The fourth-order valence-electron chi connectivity index (χ4n) is 2.87. The molecule has 8 heteroatoms. The molecular formula is C22H21NO5S2. The Hall–Kier alpha value is -2.84. The van der Waals surface area contributed by atoms with Crippen molar-refractivity contribution in [3.8, 4) is 11.5 Å². The Labute approximate surface area is 184 Å². The average Bonchev–Trinajstić information content (AvgIpc) is 2.99. The molecule has 3 rings (SSSR count). The molecule has 30 heavy (non-hydrogen) atoms. The van der Waals surface area contributed by atoms with Crippen LogP contribution in [0.15, 0.2) is 53.4 Å². The molecule has 0 bridgehead atoms. The summed E-state index contributed by atoms with van der Waals surface area (Å²) in [5.74, 6) is -0.426. The summed E-state index contributed by atoms with van der Waals surface area (Å²) in [6.45, 7) is 2.29. The van der Waals surface area contributed by atoms with Crippen LogP contribution in [0.2, 0.25) is 0 Å². The standard InChI is InChI=1S/C22H21NO5S2/c1-2-27-18-12-16(8-9-17(18)28-14-20(24)25)13-19-21(26)23(22(29)30-19)11-10-15-6-4-3-5-7-15/h3-9,12-13H,2,10-11,14H2,1H3,(H,24,25)/b19-13-. The molecule has 6 nitrogen and oxygen atoms in total. The maximum absolute atomic E-state index is 12.8. The molecular weight excluding hydrogens is 422 g/mol. The van der Waals surface area contributed by atoms with Gasteiger partial charge in [-0.2, -0.15) is 0 Å². The Balaban J connectivity index is 1.74. The molecule has 0 atom stereocenters. The van der Waals surface area contributed by atoms with Crippen LogP contribution in [-0.4, -0.2) is 46.0 Å². The van der Waals surface area contributed by atoms with Crippen LogP contribution in [0.1, 0.15) is 18.1 Å². The highest BCUT2D eigenvalue weighted by Crippen LogP contribution is 2.35. The number of hydrogen-bond donors (Lipinski definition) is 1. The molecule has 0 radical (unpaired) electrons. The van der Waals surface area contributed by atoms with Gasteiger partial charge in [-0.1, -0.05) is 60.4 Å². The number of ether oxygens (including phenoxy) is 2. The number of nitrogens with zero attached hydrogens (tertiary/aromatic N) is 1. The zero-order valence-electron chi connectivity index (χ0n) is 16.4. The molecule has 0 unspecified atom stereocenters. The van der Waals surface area contributed by atoms with E-state index >= 15 is 0 Å². The number of thiocarbonyl (C=S) groups is 1. The highest BCUT2D eigenvalue weighted by atomic mass is 32.2. The van der Waals surface area contributed by atoms with Gasteiger partial charge in [0.05, 0.1) is 11.5 Å². The summed E-state index contributed by atoms with van der Waals surface area (Å²) in [6, 6.07) is 15.1. The zero-order chi connectivity index (χ0) is 21.5. The molecule has 156 valence electrons. The van der Waals surface area contributed by atoms with Crippen molar-refractivity contribution < 1.29 is 24.2 Å². The van der Waals surface area contributed by atoms with E-state index in [0.717, 1.165) is 17.5 Å². The van der Waals surface area contributed by atoms with E-state index in [9.17, 15) is 9.59 Å². The zero-order valence-corrected chi connectivity index (χ0v) is 18.0. The molecule has 1 aliphatic rings. The number of carboxylic acid groups (broad SMARTS) is 1. The molecule has 1 saturated heterocycles. The third kappa shape index (κ3) is 5.61. The molecule has 1 amide bonds. The lowest BCUT2D eigenvalue weighted by atomic mass is 10.1. The van der Waals surface area contributed by atoms with Crippen LogP contribution >= 0.6 is 24.0 Å². The summed E-state index contributed by atoms with van der Waals surface area (Å²) in [4.78, 5) is 25.7. The summed E-state index contributed by atoms with van der Waals surface area (Å²) in [5, 5.41) is 8.80. The van der Waals surface area contributed by atoms with Gasteiger partial charge in [-0.3, -0.25) is 9.69 Å². The summed E-state index contributed by atoms with van der Waals surface area (Å²) < 4.78 is 11.4. The first-order valence-electron chi connectivity index (χ1n) is 9.38. The minimum absolute atomic E-state index is 0.120. The van der Waals surface area contributed by atoms with Crippen molar-refractivity contribution in [3.63, 3.8) is 0 Å². The summed E-state index contributed by atoms with van der Waals surface area (Å²) in [7, 11) is 0. The topological polar surface area (TPSA) is 76.1 Å². The average molecular weight is 444 g/mol. The number of amides is 1. The monoisotopic (exact) mass is 443 g/mol. The van der Waals surface area contributed by atoms with Gasteiger partial charge < -0.3 is 14.6 Å². The molecule has 0 aromatic heterocycles. The molecule has 0 saturated carbocycles. The fourth-order valence-corrected chi connectivity index (χ4v) is 4.18. The van der Waals surface area contributed by atoms with Gasteiger partial charge in [0.25, 0.3) is 5.91 Å². The maximum atomic E-state index is 12.8. The SMILES string of the molecule is CCOc1cc(/C=C2\SC(=S)N(CCc3ccccc3)C2=O)ccc1OCC(=O)O. The van der Waals surface area contributed by atoms with Crippen molar-refractivity contribution >= 4 is 46.3 Å². The van der Waals surface area contributed by atoms with Crippen molar-refractivity contribution in [3.05, 3.63) is 64.6 Å². The third-order valence-electron chi connectivity index (χ3n) is 4.26. The third-order valence-corrected chi connectivity index (χ3v) is 5.63. The Morgan fingerprint density at radius 2 is 1.93 bits per heavy atom. The second-order valence-electron chi connectivity index (χ2n) is 6.39. The lowest BCUT2D eigenvalue weighted by Crippen LogP contribution is -2.30. The molecule has 1 N–H and O–H groups in total. The molecule has 0 spiro atoms. The van der Waals surface area contributed by atoms with E-state index in [1.54, 1.807) is 29.2 Å². The van der Waals surface area contributed by atoms with Crippen LogP contribution in [0.4, 0.5) is 0 Å². The summed E-state index contributed by atoms with van der Waals surface area (Å²) >= 11 is 6.67. The number of carbonyl (C=O) groups is 2. The van der Waals surface area contributed by atoms with Gasteiger partial charge in [-0.05, 0) is 42.7 Å². The number of benzene rings is 2. The molecule has 2 aromatic carbocycles. The molecule has 1 fully saturated rings. The van der Waals surface area contributed by atoms with Crippen LogP contribution in [0, 0.1) is 0 Å². The Morgan fingerprint density at radius 3 is 2.63 bits per heavy atom. The number of aliphatic carboxylic acids is 1. The van der Waals surface area contributed by atoms with E-state index in [4.69, 9.17) is 26.8 Å². The quantitative estimate of drug-likeness (QED) is 0.464. The highest BCUT2D eigenvalue weighted by molar-refractivity contribution is 8.26. The second kappa shape index (κ2) is 10.3. The van der Waals surface area contributed by atoms with Gasteiger partial charge >= 0.3 is 5.97 Å². The van der Waals surface area contributed by atoms with E-state index in [1.807, 2.05) is 37.3 Å². The Bertz CT molecular complexity index is 975. The predicted octanol–water partition coefficient (Wildman–Crippen LogP) is 3.99. The minimum atomic E-state index is -1.07. The van der Waals surface area contributed by atoms with Gasteiger partial charge in [-0.25, -0.2) is 4.79 Å². The van der Waals surface area contributed by atoms with Gasteiger partial charge in [0.15, 0.2) is 18.1 Å². The van der Waals surface area contributed by atoms with Gasteiger partial charge in [0, 0.05) is 6.54 Å². The molecule has 0 aliphatic carbocycles. The van der Waals surface area contributed by atoms with Gasteiger partial charge in [0.2, 0.25) is 0 Å². The molecule has 2 aromatic rings. The highest BCUT2D eigenvalue weighted by Gasteiger charge is 2.31. The summed E-state index contributed by atoms with van der Waals surface area (Å²) in [6.07, 6.45) is 2.48. The maximum Gasteiger partial charge on any atom is 0.341 e. The van der Waals surface area contributed by atoms with Crippen molar-refractivity contribution in [2.24, 2.45) is 0 Å². The van der Waals surface area contributed by atoms with E-state index in [0.29, 0.717) is 33.9 Å². The van der Waals surface area contributed by atoms with E-state index < -0.39 is 12.6 Å². The van der Waals surface area contributed by atoms with Crippen LogP contribution in [-0.2, 0) is 16.0 Å². The van der Waals surface area contributed by atoms with E-state index in [2.05, 4.69) is 0 Å². The van der Waals surface area contributed by atoms with E-state index in [1.165, 1.54) is 11.8 Å². The van der Waals surface area contributed by atoms with Gasteiger partial charge in [-0.15, -0.1) is 0 Å². The van der Waals surface area contributed by atoms with Gasteiger partial charge in [0.1, 0.15) is 4.32 Å². The largest absolute Gasteiger partial charge is 0.490 e. The number of carbonyl (C=O) groups excluding carboxylic acids is 1. The first kappa shape index (κ1) is 21.9. The minimum Gasteiger partial charge on any atom is -0.490 e. The van der Waals surface area contributed by atoms with Crippen molar-refractivity contribution in [2.45, 2.75) is 13.3 Å². The van der Waals surface area contributed by atoms with Crippen LogP contribution in [0.25, 0.3) is 6.08 Å². The van der Waals surface area contributed by atoms with Crippen molar-refractivity contribution in [1.82, 2.24) is 4.90 Å². The number of thioether (sulfide) groups is 1. The fraction of sp³-hybridized carbons (Fsp3) is 0.227. The van der Waals surface area contributed by atoms with Crippen LogP contribution in [0.5, 0.6) is 11.5 Å². The molecule has 1 heterocycles. The van der Waals surface area contributed by atoms with E-state index in [-0.39, 0.29) is 5.91 Å². The lowest BCUT2D eigenvalue weighted by Gasteiger charge is -2.14. The van der Waals surface area contributed by atoms with Crippen molar-refractivity contribution in [2.75, 3.05) is 19.8 Å². The van der Waals surface area contributed by atoms with Crippen LogP contribution in [0.3, 0.4) is 0 Å². The normalized spacial score (nSPS) is 15.0. The predicted molar refractivity (Wildman–Crippen MR) is 121 cm³/mol.